The molecule has 2 aliphatic carbocycles. The van der Waals surface area contributed by atoms with Crippen molar-refractivity contribution in [1.82, 2.24) is 0 Å². The molecule has 0 amide bonds. The van der Waals surface area contributed by atoms with E-state index in [-0.39, 0.29) is 23.5 Å². The van der Waals surface area contributed by atoms with Gasteiger partial charge in [0.2, 0.25) is 5.82 Å². The Morgan fingerprint density at radius 1 is 0.719 bits per heavy atom. The van der Waals surface area contributed by atoms with Crippen molar-refractivity contribution in [3.63, 3.8) is 0 Å². The lowest BCUT2D eigenvalue weighted by Gasteiger charge is -2.21. The van der Waals surface area contributed by atoms with Crippen LogP contribution in [0.5, 0.6) is 5.75 Å². The molecule has 0 aliphatic heterocycles. The minimum atomic E-state index is -1.23. The lowest BCUT2D eigenvalue weighted by molar-refractivity contribution is 0.294. The number of benzene rings is 2. The summed E-state index contributed by atoms with van der Waals surface area (Å²) in [7, 11) is 0. The Morgan fingerprint density at radius 2 is 1.31 bits per heavy atom. The monoisotopic (exact) mass is 448 g/mol. The van der Waals surface area contributed by atoms with Gasteiger partial charge >= 0.3 is 0 Å². The third-order valence-electron chi connectivity index (χ3n) is 7.75. The molecule has 4 unspecified atom stereocenters. The van der Waals surface area contributed by atoms with Crippen molar-refractivity contribution in [2.24, 2.45) is 23.7 Å². The topological polar surface area (TPSA) is 9.23 Å². The number of hydrogen-bond donors (Lipinski definition) is 0. The highest BCUT2D eigenvalue weighted by molar-refractivity contribution is 5.66. The van der Waals surface area contributed by atoms with E-state index in [0.717, 1.165) is 24.2 Å². The molecular weight excluding hydrogens is 416 g/mol. The van der Waals surface area contributed by atoms with Crippen LogP contribution in [0.15, 0.2) is 24.3 Å². The third kappa shape index (κ3) is 4.27. The van der Waals surface area contributed by atoms with Crippen molar-refractivity contribution in [2.75, 3.05) is 6.61 Å². The lowest BCUT2D eigenvalue weighted by Crippen LogP contribution is -2.14. The Morgan fingerprint density at radius 3 is 1.94 bits per heavy atom. The molecule has 0 radical (unpaired) electrons. The number of hydrogen-bond acceptors (Lipinski definition) is 1. The molecule has 174 valence electrons. The fraction of sp³-hybridized carbons (Fsp3) is 0.556. The molecule has 0 aromatic heterocycles. The molecule has 1 nitrogen and oxygen atoms in total. The molecule has 2 aromatic rings. The summed E-state index contributed by atoms with van der Waals surface area (Å²) in [5.74, 6) is -1.81. The Labute approximate surface area is 188 Å². The van der Waals surface area contributed by atoms with Gasteiger partial charge in [0.15, 0.2) is 23.2 Å². The Hall–Kier alpha value is -2.04. The van der Waals surface area contributed by atoms with E-state index in [9.17, 15) is 17.6 Å². The minimum absolute atomic E-state index is 0.176. The number of aryl methyl sites for hydroxylation is 1. The summed E-state index contributed by atoms with van der Waals surface area (Å²) in [6, 6.07) is 5.34. The Balaban J connectivity index is 1.48. The van der Waals surface area contributed by atoms with Crippen LogP contribution >= 0.6 is 0 Å². The predicted octanol–water partition coefficient (Wildman–Crippen LogP) is 8.09. The van der Waals surface area contributed by atoms with E-state index < -0.39 is 23.3 Å². The van der Waals surface area contributed by atoms with Crippen molar-refractivity contribution < 1.29 is 22.3 Å². The van der Waals surface area contributed by atoms with E-state index in [1.165, 1.54) is 62.8 Å². The molecule has 2 aromatic carbocycles. The van der Waals surface area contributed by atoms with Crippen molar-refractivity contribution in [3.8, 4) is 16.9 Å². The average molecular weight is 449 g/mol. The first-order valence-electron chi connectivity index (χ1n) is 12.0. The van der Waals surface area contributed by atoms with Gasteiger partial charge in [-0.15, -0.1) is 0 Å². The first-order valence-corrected chi connectivity index (χ1v) is 12.0. The van der Waals surface area contributed by atoms with Gasteiger partial charge in [-0.1, -0.05) is 31.9 Å². The maximum Gasteiger partial charge on any atom is 0.201 e. The zero-order chi connectivity index (χ0) is 22.8. The molecule has 0 spiro atoms. The molecule has 2 fully saturated rings. The lowest BCUT2D eigenvalue weighted by atomic mass is 9.85. The van der Waals surface area contributed by atoms with E-state index in [0.29, 0.717) is 17.9 Å². The maximum absolute atomic E-state index is 14.9. The maximum atomic E-state index is 14.9. The Kier molecular flexibility index (Phi) is 7.11. The van der Waals surface area contributed by atoms with E-state index in [4.69, 9.17) is 4.74 Å². The van der Waals surface area contributed by atoms with E-state index >= 15 is 0 Å². The second-order valence-corrected chi connectivity index (χ2v) is 9.40. The summed E-state index contributed by atoms with van der Waals surface area (Å²) < 4.78 is 63.5. The number of ether oxygens (including phenoxy) is 1. The van der Waals surface area contributed by atoms with Gasteiger partial charge in [0.25, 0.3) is 0 Å². The number of rotatable bonds is 8. The fourth-order valence-corrected chi connectivity index (χ4v) is 6.27. The van der Waals surface area contributed by atoms with Gasteiger partial charge in [-0.05, 0) is 86.8 Å². The molecule has 0 saturated heterocycles. The molecule has 32 heavy (non-hydrogen) atoms. The molecule has 2 saturated carbocycles. The van der Waals surface area contributed by atoms with Crippen LogP contribution in [0.1, 0.15) is 64.4 Å². The van der Waals surface area contributed by atoms with Gasteiger partial charge < -0.3 is 4.74 Å². The van der Waals surface area contributed by atoms with Crippen LogP contribution in [0.2, 0.25) is 0 Å². The second-order valence-electron chi connectivity index (χ2n) is 9.40. The molecular formula is C27H32F4O. The summed E-state index contributed by atoms with van der Waals surface area (Å²) in [4.78, 5) is 0. The van der Waals surface area contributed by atoms with Crippen LogP contribution in [0.4, 0.5) is 17.6 Å². The van der Waals surface area contributed by atoms with Gasteiger partial charge in [-0.3, -0.25) is 0 Å². The second kappa shape index (κ2) is 9.84. The molecule has 0 N–H and O–H groups in total. The minimum Gasteiger partial charge on any atom is -0.491 e. The van der Waals surface area contributed by atoms with Crippen molar-refractivity contribution in [2.45, 2.75) is 65.2 Å². The van der Waals surface area contributed by atoms with E-state index in [1.54, 1.807) is 6.92 Å². The molecule has 0 bridgehead atoms. The van der Waals surface area contributed by atoms with Gasteiger partial charge in [-0.25, -0.2) is 13.2 Å². The van der Waals surface area contributed by atoms with Gasteiger partial charge in [0.05, 0.1) is 6.61 Å². The van der Waals surface area contributed by atoms with Crippen LogP contribution in [-0.2, 0) is 6.42 Å². The molecule has 2 aliphatic rings. The number of halogens is 4. The Bertz CT molecular complexity index is 957. The highest BCUT2D eigenvalue weighted by atomic mass is 19.2. The van der Waals surface area contributed by atoms with Gasteiger partial charge in [-0.2, -0.15) is 4.39 Å². The molecule has 0 heterocycles. The summed E-state index contributed by atoms with van der Waals surface area (Å²) in [5, 5.41) is 0. The summed E-state index contributed by atoms with van der Waals surface area (Å²) in [6.07, 6.45) is 8.86. The summed E-state index contributed by atoms with van der Waals surface area (Å²) >= 11 is 0. The summed E-state index contributed by atoms with van der Waals surface area (Å²) in [6.45, 7) is 4.07. The van der Waals surface area contributed by atoms with Crippen LogP contribution in [-0.4, -0.2) is 6.61 Å². The highest BCUT2D eigenvalue weighted by Gasteiger charge is 2.43. The predicted molar refractivity (Wildman–Crippen MR) is 119 cm³/mol. The molecule has 5 heteroatoms. The molecule has 4 atom stereocenters. The number of fused-ring (bicyclic) bond motifs is 1. The van der Waals surface area contributed by atoms with Crippen molar-refractivity contribution in [1.29, 1.82) is 0 Å². The standard InChI is InChI=1S/C27H32F4O/c1-3-5-16-8-11-20-17(9-12-19(16)20)6-7-18-10-13-21(25(29)24(18)28)22-14-15-23(32-4-2)27(31)26(22)30/h10,13-17,19-20H,3-9,11-12H2,1-2H3. The zero-order valence-electron chi connectivity index (χ0n) is 18.9. The van der Waals surface area contributed by atoms with Gasteiger partial charge in [0.1, 0.15) is 0 Å². The van der Waals surface area contributed by atoms with E-state index in [2.05, 4.69) is 6.92 Å². The van der Waals surface area contributed by atoms with Crippen molar-refractivity contribution >= 4 is 0 Å². The van der Waals surface area contributed by atoms with Crippen LogP contribution in [0.3, 0.4) is 0 Å². The smallest absolute Gasteiger partial charge is 0.201 e. The van der Waals surface area contributed by atoms with E-state index in [1.807, 2.05) is 0 Å². The fourth-order valence-electron chi connectivity index (χ4n) is 6.27. The zero-order valence-corrected chi connectivity index (χ0v) is 18.9. The van der Waals surface area contributed by atoms with Crippen molar-refractivity contribution in [3.05, 3.63) is 53.1 Å². The average Bonchev–Trinajstić information content (AvgIpc) is 3.37. The third-order valence-corrected chi connectivity index (χ3v) is 7.75. The van der Waals surface area contributed by atoms with Crippen LogP contribution < -0.4 is 4.74 Å². The normalized spacial score (nSPS) is 24.7. The highest BCUT2D eigenvalue weighted by Crippen LogP contribution is 2.53. The van der Waals surface area contributed by atoms with Gasteiger partial charge in [0, 0.05) is 11.1 Å². The summed E-state index contributed by atoms with van der Waals surface area (Å²) in [5.41, 5.74) is -0.269. The first kappa shape index (κ1) is 23.1. The van der Waals surface area contributed by atoms with Crippen LogP contribution in [0.25, 0.3) is 11.1 Å². The largest absolute Gasteiger partial charge is 0.491 e. The molecule has 4 rings (SSSR count). The first-order chi connectivity index (χ1) is 15.5. The SMILES string of the molecule is CCCC1CCC2C(CCc3ccc(-c4ccc(OCC)c(F)c4F)c(F)c3F)CCC12. The quantitative estimate of drug-likeness (QED) is 0.371. The van der Waals surface area contributed by atoms with Crippen LogP contribution in [0, 0.1) is 46.9 Å².